The van der Waals surface area contributed by atoms with E-state index in [1.54, 1.807) is 21.9 Å². The Hall–Kier alpha value is -1.60. The summed E-state index contributed by atoms with van der Waals surface area (Å²) in [6.07, 6.45) is 6.98. The summed E-state index contributed by atoms with van der Waals surface area (Å²) in [7, 11) is -1.56. The minimum atomic E-state index is -1.56. The summed E-state index contributed by atoms with van der Waals surface area (Å²) in [6.45, 7) is 9.76. The van der Waals surface area contributed by atoms with Crippen LogP contribution in [0.4, 0.5) is 0 Å². The van der Waals surface area contributed by atoms with Gasteiger partial charge in [-0.25, -0.2) is 0 Å². The van der Waals surface area contributed by atoms with Crippen LogP contribution >= 0.6 is 0 Å². The number of hydrogen-bond acceptors (Lipinski definition) is 0. The summed E-state index contributed by atoms with van der Waals surface area (Å²) in [5, 5.41) is 3.51. The van der Waals surface area contributed by atoms with Crippen LogP contribution in [0.25, 0.3) is 16.3 Å². The molecule has 0 radical (unpaired) electrons. The molecule has 0 saturated heterocycles. The van der Waals surface area contributed by atoms with Crippen molar-refractivity contribution in [2.75, 3.05) is 0 Å². The molecule has 26 heavy (non-hydrogen) atoms. The van der Waals surface area contributed by atoms with E-state index in [2.05, 4.69) is 63.3 Å². The molecule has 1 heteroatoms. The Morgan fingerprint density at radius 2 is 1.58 bits per heavy atom. The van der Waals surface area contributed by atoms with Crippen molar-refractivity contribution < 1.29 is 0 Å². The van der Waals surface area contributed by atoms with Crippen molar-refractivity contribution in [1.29, 1.82) is 0 Å². The van der Waals surface area contributed by atoms with E-state index in [0.29, 0.717) is 5.92 Å². The highest BCUT2D eigenvalue weighted by molar-refractivity contribution is 7.07. The Labute approximate surface area is 159 Å². The molecule has 1 fully saturated rings. The van der Waals surface area contributed by atoms with Gasteiger partial charge >= 0.3 is 0 Å². The smallest absolute Gasteiger partial charge is 0.0624 e. The number of rotatable bonds is 3. The number of benzene rings is 2. The highest BCUT2D eigenvalue weighted by Gasteiger charge is 2.46. The third kappa shape index (κ3) is 2.19. The average Bonchev–Trinajstić information content (AvgIpc) is 3.30. The molecule has 1 saturated carbocycles. The first-order chi connectivity index (χ1) is 12.5. The second-order valence-corrected chi connectivity index (χ2v) is 13.8. The van der Waals surface area contributed by atoms with Crippen LogP contribution in [0.1, 0.15) is 62.1 Å². The quantitative estimate of drug-likeness (QED) is 0.553. The van der Waals surface area contributed by atoms with Crippen molar-refractivity contribution in [1.82, 2.24) is 0 Å². The van der Waals surface area contributed by atoms with Gasteiger partial charge in [0.1, 0.15) is 8.07 Å². The zero-order valence-electron chi connectivity index (χ0n) is 16.7. The van der Waals surface area contributed by atoms with Crippen molar-refractivity contribution in [2.24, 2.45) is 5.92 Å². The molecule has 0 atom stereocenters. The van der Waals surface area contributed by atoms with Gasteiger partial charge < -0.3 is 0 Å². The molecule has 0 aromatic heterocycles. The summed E-state index contributed by atoms with van der Waals surface area (Å²) >= 11 is 0. The fraction of sp³-hybridized carbons (Fsp3) is 0.440. The standard InChI is InChI=1S/C25H30Si/c1-16(2)17-9-11-19(12-10-17)23-22-14-13-20-15-21(18-7-5-6-8-18)25(24(20)23)26(22,3)4/h9-14,16,18H,5-8,15H2,1-4H3. The molecule has 1 heterocycles. The molecule has 5 rings (SSSR count). The molecule has 2 aliphatic carbocycles. The molecule has 2 bridgehead atoms. The fourth-order valence-electron chi connectivity index (χ4n) is 5.86. The van der Waals surface area contributed by atoms with Gasteiger partial charge in [-0.2, -0.15) is 0 Å². The first kappa shape index (κ1) is 16.6. The normalized spacial score (nSPS) is 20.7. The lowest BCUT2D eigenvalue weighted by molar-refractivity contribution is 0.633. The molecule has 2 aromatic carbocycles. The van der Waals surface area contributed by atoms with Gasteiger partial charge in [-0.1, -0.05) is 81.8 Å². The first-order valence-electron chi connectivity index (χ1n) is 10.5. The van der Waals surface area contributed by atoms with Gasteiger partial charge in [0.15, 0.2) is 0 Å². The maximum Gasteiger partial charge on any atom is 0.113 e. The summed E-state index contributed by atoms with van der Waals surface area (Å²) in [5.74, 6) is 1.48. The molecule has 0 N–H and O–H groups in total. The van der Waals surface area contributed by atoms with Gasteiger partial charge in [-0.3, -0.25) is 0 Å². The van der Waals surface area contributed by atoms with E-state index in [1.807, 2.05) is 10.8 Å². The van der Waals surface area contributed by atoms with Crippen LogP contribution in [0.15, 0.2) is 42.0 Å². The Bertz CT molecular complexity index is 906. The largest absolute Gasteiger partial charge is 0.113 e. The summed E-state index contributed by atoms with van der Waals surface area (Å²) in [4.78, 5) is 0. The molecule has 134 valence electrons. The minimum Gasteiger partial charge on any atom is -0.0624 e. The lowest BCUT2D eigenvalue weighted by atomic mass is 9.94. The van der Waals surface area contributed by atoms with Crippen LogP contribution in [0.3, 0.4) is 0 Å². The highest BCUT2D eigenvalue weighted by atomic mass is 28.3. The van der Waals surface area contributed by atoms with Gasteiger partial charge in [0.25, 0.3) is 0 Å². The predicted octanol–water partition coefficient (Wildman–Crippen LogP) is 6.45. The Kier molecular flexibility index (Phi) is 3.63. The van der Waals surface area contributed by atoms with Gasteiger partial charge in [0, 0.05) is 0 Å². The van der Waals surface area contributed by atoms with E-state index in [0.717, 1.165) is 5.92 Å². The third-order valence-electron chi connectivity index (χ3n) is 7.26. The lowest BCUT2D eigenvalue weighted by Gasteiger charge is -2.24. The van der Waals surface area contributed by atoms with E-state index < -0.39 is 8.07 Å². The summed E-state index contributed by atoms with van der Waals surface area (Å²) in [5.41, 5.74) is 9.62. The van der Waals surface area contributed by atoms with E-state index in [-0.39, 0.29) is 0 Å². The van der Waals surface area contributed by atoms with Crippen molar-refractivity contribution >= 4 is 18.5 Å². The average molecular weight is 359 g/mol. The van der Waals surface area contributed by atoms with Crippen LogP contribution < -0.4 is 5.19 Å². The second kappa shape index (κ2) is 5.69. The molecule has 0 amide bonds. The zero-order valence-corrected chi connectivity index (χ0v) is 17.7. The van der Waals surface area contributed by atoms with Gasteiger partial charge in [0.05, 0.1) is 0 Å². The van der Waals surface area contributed by atoms with Crippen LogP contribution in [-0.4, -0.2) is 8.07 Å². The lowest BCUT2D eigenvalue weighted by Crippen LogP contribution is -2.40. The van der Waals surface area contributed by atoms with Gasteiger partial charge in [-0.15, -0.1) is 0 Å². The van der Waals surface area contributed by atoms with Crippen LogP contribution in [0.2, 0.25) is 13.1 Å². The minimum absolute atomic E-state index is 0.602. The van der Waals surface area contributed by atoms with E-state index in [4.69, 9.17) is 0 Å². The number of hydrogen-bond donors (Lipinski definition) is 0. The Morgan fingerprint density at radius 3 is 2.23 bits per heavy atom. The van der Waals surface area contributed by atoms with Crippen molar-refractivity contribution in [3.8, 4) is 11.1 Å². The Morgan fingerprint density at radius 1 is 0.885 bits per heavy atom. The molecule has 0 nitrogen and oxygen atoms in total. The third-order valence-corrected chi connectivity index (χ3v) is 10.8. The van der Waals surface area contributed by atoms with Crippen LogP contribution in [0.5, 0.6) is 0 Å². The number of allylic oxidation sites excluding steroid dienone is 1. The SMILES string of the molecule is CC(C)c1ccc(-c2c3ccc4c2C(=C(C2CCCC2)C4)[Si]3(C)C)cc1. The first-order valence-corrected chi connectivity index (χ1v) is 13.5. The molecular formula is C25H30Si. The molecule has 3 aliphatic rings. The molecule has 1 aliphatic heterocycles. The van der Waals surface area contributed by atoms with Crippen LogP contribution in [-0.2, 0) is 6.42 Å². The van der Waals surface area contributed by atoms with E-state index in [1.165, 1.54) is 43.2 Å². The van der Waals surface area contributed by atoms with E-state index >= 15 is 0 Å². The van der Waals surface area contributed by atoms with Crippen LogP contribution in [0, 0.1) is 5.92 Å². The Balaban J connectivity index is 1.69. The summed E-state index contributed by atoms with van der Waals surface area (Å²) in [6, 6.07) is 14.4. The van der Waals surface area contributed by atoms with Crippen molar-refractivity contribution in [2.45, 2.75) is 65.0 Å². The molecular weight excluding hydrogens is 328 g/mol. The second-order valence-electron chi connectivity index (χ2n) is 9.48. The van der Waals surface area contributed by atoms with Gasteiger partial charge in [0.2, 0.25) is 0 Å². The monoisotopic (exact) mass is 358 g/mol. The maximum atomic E-state index is 2.60. The highest BCUT2D eigenvalue weighted by Crippen LogP contribution is 2.52. The topological polar surface area (TPSA) is 0 Å². The molecule has 0 unspecified atom stereocenters. The number of fused-ring (bicyclic) bond motifs is 1. The fourth-order valence-corrected chi connectivity index (χ4v) is 9.53. The maximum absolute atomic E-state index is 2.60. The zero-order chi connectivity index (χ0) is 18.1. The van der Waals surface area contributed by atoms with Crippen molar-refractivity contribution in [3.63, 3.8) is 0 Å². The molecule has 0 spiro atoms. The molecule has 2 aromatic rings. The van der Waals surface area contributed by atoms with E-state index in [9.17, 15) is 0 Å². The van der Waals surface area contributed by atoms with Crippen molar-refractivity contribution in [3.05, 3.63) is 58.7 Å². The summed E-state index contributed by atoms with van der Waals surface area (Å²) < 4.78 is 0. The van der Waals surface area contributed by atoms with Gasteiger partial charge in [-0.05, 0) is 69.3 Å². The predicted molar refractivity (Wildman–Crippen MR) is 116 cm³/mol.